The van der Waals surface area contributed by atoms with Gasteiger partial charge in [-0.3, -0.25) is 0 Å². The van der Waals surface area contributed by atoms with Crippen LogP contribution in [0.3, 0.4) is 0 Å². The molecule has 96 valence electrons. The van der Waals surface area contributed by atoms with Gasteiger partial charge in [-0.1, -0.05) is 13.0 Å². The van der Waals surface area contributed by atoms with Crippen LogP contribution in [-0.4, -0.2) is 0 Å². The van der Waals surface area contributed by atoms with Crippen LogP contribution in [0.1, 0.15) is 27.6 Å². The Hall–Kier alpha value is -0.930. The first-order valence-corrected chi connectivity index (χ1v) is 7.02. The number of rotatable bonds is 4. The lowest BCUT2D eigenvalue weighted by molar-refractivity contribution is 0.553. The van der Waals surface area contributed by atoms with Crippen LogP contribution in [0, 0.1) is 11.6 Å². The first-order chi connectivity index (χ1) is 8.61. The second-order valence-corrected chi connectivity index (χ2v) is 5.76. The normalized spacial score (nSPS) is 12.7. The number of aryl methyl sites for hydroxylation is 1. The highest BCUT2D eigenvalue weighted by Gasteiger charge is 2.16. The average molecular weight is 287 g/mol. The van der Waals surface area contributed by atoms with Crippen molar-refractivity contribution in [1.82, 2.24) is 0 Å². The van der Waals surface area contributed by atoms with Crippen molar-refractivity contribution in [2.24, 2.45) is 0 Å². The summed E-state index contributed by atoms with van der Waals surface area (Å²) in [5, 5.41) is -0.387. The lowest BCUT2D eigenvalue weighted by Gasteiger charge is -2.09. The molecule has 1 aromatic heterocycles. The van der Waals surface area contributed by atoms with Gasteiger partial charge in [-0.25, -0.2) is 8.78 Å². The summed E-state index contributed by atoms with van der Waals surface area (Å²) in [5.41, 5.74) is 0.0592. The van der Waals surface area contributed by atoms with Crippen molar-refractivity contribution in [2.45, 2.75) is 25.1 Å². The lowest BCUT2D eigenvalue weighted by Crippen LogP contribution is -2.00. The zero-order valence-electron chi connectivity index (χ0n) is 9.92. The van der Waals surface area contributed by atoms with Crippen LogP contribution in [0.2, 0.25) is 0 Å². The molecule has 0 radical (unpaired) electrons. The highest BCUT2D eigenvalue weighted by Crippen LogP contribution is 2.32. The van der Waals surface area contributed by atoms with E-state index in [1.807, 2.05) is 12.1 Å². The molecule has 2 rings (SSSR count). The lowest BCUT2D eigenvalue weighted by atomic mass is 10.1. The van der Waals surface area contributed by atoms with Gasteiger partial charge in [0.2, 0.25) is 0 Å². The van der Waals surface area contributed by atoms with Crippen molar-refractivity contribution in [1.29, 1.82) is 0 Å². The summed E-state index contributed by atoms with van der Waals surface area (Å²) >= 11 is 7.83. The molecule has 18 heavy (non-hydrogen) atoms. The van der Waals surface area contributed by atoms with E-state index < -0.39 is 11.6 Å². The third kappa shape index (κ3) is 2.90. The fraction of sp³-hybridized carbons (Fsp3) is 0.286. The molecule has 0 fully saturated rings. The Morgan fingerprint density at radius 1 is 1.17 bits per heavy atom. The van der Waals surface area contributed by atoms with Gasteiger partial charge in [0.25, 0.3) is 0 Å². The summed E-state index contributed by atoms with van der Waals surface area (Å²) in [6.07, 6.45) is 1.12. The molecule has 0 saturated carbocycles. The Morgan fingerprint density at radius 2 is 1.83 bits per heavy atom. The summed E-state index contributed by atoms with van der Waals surface area (Å²) in [4.78, 5) is 2.18. The minimum absolute atomic E-state index is 0.0592. The summed E-state index contributed by atoms with van der Waals surface area (Å²) in [5.74, 6) is -1.07. The third-order valence-electron chi connectivity index (χ3n) is 2.78. The largest absolute Gasteiger partial charge is 0.207 e. The van der Waals surface area contributed by atoms with Crippen LogP contribution in [0.4, 0.5) is 8.78 Å². The summed E-state index contributed by atoms with van der Waals surface area (Å²) in [7, 11) is 0. The van der Waals surface area contributed by atoms with Gasteiger partial charge in [-0.05, 0) is 37.1 Å². The number of benzene rings is 1. The topological polar surface area (TPSA) is 0 Å². The van der Waals surface area contributed by atoms with Gasteiger partial charge in [0.1, 0.15) is 11.6 Å². The van der Waals surface area contributed by atoms with E-state index in [4.69, 9.17) is 11.6 Å². The highest BCUT2D eigenvalue weighted by atomic mass is 35.5. The Kier molecular flexibility index (Phi) is 4.36. The molecule has 4 heteroatoms. The average Bonchev–Trinajstić information content (AvgIpc) is 2.82. The van der Waals surface area contributed by atoms with Gasteiger partial charge in [-0.15, -0.1) is 22.9 Å². The van der Waals surface area contributed by atoms with E-state index in [9.17, 15) is 8.78 Å². The minimum Gasteiger partial charge on any atom is -0.207 e. The predicted molar refractivity (Wildman–Crippen MR) is 72.4 cm³/mol. The van der Waals surface area contributed by atoms with E-state index in [1.54, 1.807) is 11.3 Å². The molecule has 0 bridgehead atoms. The molecule has 0 amide bonds. The number of thiophene rings is 1. The molecule has 2 aromatic rings. The van der Waals surface area contributed by atoms with Gasteiger partial charge < -0.3 is 0 Å². The Morgan fingerprint density at radius 3 is 2.39 bits per heavy atom. The van der Waals surface area contributed by atoms with Crippen LogP contribution in [0.5, 0.6) is 0 Å². The maximum absolute atomic E-state index is 13.5. The van der Waals surface area contributed by atoms with Crippen LogP contribution in [0.15, 0.2) is 30.3 Å². The number of alkyl halides is 1. The molecular weight excluding hydrogens is 274 g/mol. The highest BCUT2D eigenvalue weighted by molar-refractivity contribution is 7.12. The first-order valence-electron chi connectivity index (χ1n) is 5.77. The van der Waals surface area contributed by atoms with E-state index in [0.29, 0.717) is 0 Å². The van der Waals surface area contributed by atoms with Gasteiger partial charge >= 0.3 is 0 Å². The maximum Gasteiger partial charge on any atom is 0.129 e. The maximum atomic E-state index is 13.5. The third-order valence-corrected chi connectivity index (χ3v) is 4.65. The van der Waals surface area contributed by atoms with Crippen molar-refractivity contribution >= 4 is 22.9 Å². The Balaban J connectivity index is 2.18. The summed E-state index contributed by atoms with van der Waals surface area (Å²) < 4.78 is 27.0. The number of hydrogen-bond acceptors (Lipinski definition) is 1. The predicted octanol–water partition coefficient (Wildman–Crippen LogP) is 5.11. The fourth-order valence-corrected chi connectivity index (χ4v) is 3.05. The molecule has 0 aliphatic heterocycles. The molecule has 0 nitrogen and oxygen atoms in total. The van der Waals surface area contributed by atoms with Crippen LogP contribution >= 0.6 is 22.9 Å². The molecule has 1 unspecified atom stereocenters. The number of hydrogen-bond donors (Lipinski definition) is 0. The first kappa shape index (κ1) is 13.5. The van der Waals surface area contributed by atoms with Crippen LogP contribution < -0.4 is 0 Å². The minimum atomic E-state index is -0.534. The van der Waals surface area contributed by atoms with Gasteiger partial charge in [0.15, 0.2) is 0 Å². The van der Waals surface area contributed by atoms with Crippen LogP contribution in [-0.2, 0) is 12.8 Å². The van der Waals surface area contributed by atoms with E-state index in [2.05, 4.69) is 6.92 Å². The van der Waals surface area contributed by atoms with Crippen LogP contribution in [0.25, 0.3) is 0 Å². The van der Waals surface area contributed by atoms with Crippen molar-refractivity contribution in [3.8, 4) is 0 Å². The molecule has 0 spiro atoms. The molecule has 0 aliphatic rings. The zero-order chi connectivity index (χ0) is 13.1. The molecule has 0 N–H and O–H groups in total. The SMILES string of the molecule is CCc1ccc(C(Cl)Cc2c(F)cccc2F)s1. The Bertz CT molecular complexity index is 516. The van der Waals surface area contributed by atoms with E-state index in [0.717, 1.165) is 11.3 Å². The van der Waals surface area contributed by atoms with Gasteiger partial charge in [0, 0.05) is 15.3 Å². The Labute approximate surface area is 114 Å². The van der Waals surface area contributed by atoms with E-state index >= 15 is 0 Å². The quantitative estimate of drug-likeness (QED) is 0.685. The zero-order valence-corrected chi connectivity index (χ0v) is 11.5. The molecule has 0 saturated heterocycles. The molecular formula is C14H13ClF2S. The monoisotopic (exact) mass is 286 g/mol. The standard InChI is InChI=1S/C14H13ClF2S/c1-2-9-6-7-14(18-9)11(15)8-10-12(16)4-3-5-13(10)17/h3-7,11H,2,8H2,1H3. The molecule has 1 heterocycles. The summed E-state index contributed by atoms with van der Waals surface area (Å²) in [6.45, 7) is 2.06. The van der Waals surface area contributed by atoms with Gasteiger partial charge in [-0.2, -0.15) is 0 Å². The summed E-state index contributed by atoms with van der Waals surface area (Å²) in [6, 6.07) is 7.81. The van der Waals surface area contributed by atoms with Crippen molar-refractivity contribution in [3.05, 3.63) is 57.3 Å². The van der Waals surface area contributed by atoms with Crippen molar-refractivity contribution in [2.75, 3.05) is 0 Å². The van der Waals surface area contributed by atoms with E-state index in [-0.39, 0.29) is 17.4 Å². The smallest absolute Gasteiger partial charge is 0.129 e. The molecule has 1 atom stereocenters. The second-order valence-electron chi connectivity index (χ2n) is 4.03. The molecule has 1 aromatic carbocycles. The second kappa shape index (κ2) is 5.81. The van der Waals surface area contributed by atoms with Crippen molar-refractivity contribution < 1.29 is 8.78 Å². The fourth-order valence-electron chi connectivity index (χ4n) is 1.76. The number of halogens is 3. The van der Waals surface area contributed by atoms with E-state index in [1.165, 1.54) is 23.1 Å². The van der Waals surface area contributed by atoms with Crippen molar-refractivity contribution in [3.63, 3.8) is 0 Å². The molecule has 0 aliphatic carbocycles. The van der Waals surface area contributed by atoms with Gasteiger partial charge in [0.05, 0.1) is 5.38 Å².